The van der Waals surface area contributed by atoms with Crippen LogP contribution in [0.3, 0.4) is 0 Å². The number of nitrogens with one attached hydrogen (secondary N) is 1. The molecule has 2 heterocycles. The molecule has 0 bridgehead atoms. The maximum atomic E-state index is 13.0. The van der Waals surface area contributed by atoms with Gasteiger partial charge in [-0.3, -0.25) is 4.98 Å². The number of pyridine rings is 1. The van der Waals surface area contributed by atoms with Gasteiger partial charge in [0.25, 0.3) is 0 Å². The van der Waals surface area contributed by atoms with E-state index >= 15 is 0 Å². The Labute approximate surface area is 163 Å². The zero-order valence-corrected chi connectivity index (χ0v) is 16.3. The molecule has 0 radical (unpaired) electrons. The smallest absolute Gasteiger partial charge is 0.243 e. The van der Waals surface area contributed by atoms with Crippen LogP contribution in [0, 0.1) is 6.92 Å². The van der Waals surface area contributed by atoms with Crippen molar-refractivity contribution in [3.8, 4) is 5.69 Å². The minimum atomic E-state index is -3.74. The number of fused-ring (bicyclic) bond motifs is 1. The molecular weight excluding hydrogens is 374 g/mol. The number of hydrogen-bond donors (Lipinski definition) is 1. The fourth-order valence-corrected chi connectivity index (χ4v) is 4.49. The lowest BCUT2D eigenvalue weighted by Gasteiger charge is -2.16. The number of aromatic nitrogens is 4. The molecule has 8 heteroatoms. The summed E-state index contributed by atoms with van der Waals surface area (Å²) in [4.78, 5) is 8.43. The van der Waals surface area contributed by atoms with E-state index in [9.17, 15) is 8.42 Å². The van der Waals surface area contributed by atoms with Gasteiger partial charge >= 0.3 is 0 Å². The average Bonchev–Trinajstić information content (AvgIpc) is 3.22. The molecule has 0 saturated carbocycles. The maximum Gasteiger partial charge on any atom is 0.243 e. The van der Waals surface area contributed by atoms with Crippen LogP contribution in [0.25, 0.3) is 16.6 Å². The van der Waals surface area contributed by atoms with Crippen LogP contribution >= 0.6 is 0 Å². The van der Waals surface area contributed by atoms with Crippen LogP contribution in [-0.2, 0) is 10.0 Å². The summed E-state index contributed by atoms with van der Waals surface area (Å²) in [6, 6.07) is 14.2. The van der Waals surface area contributed by atoms with E-state index in [1.807, 2.05) is 50.2 Å². The zero-order chi connectivity index (χ0) is 19.7. The molecule has 2 aromatic heterocycles. The highest BCUT2D eigenvalue weighted by Crippen LogP contribution is 2.24. The first-order valence-electron chi connectivity index (χ1n) is 8.77. The van der Waals surface area contributed by atoms with E-state index in [1.54, 1.807) is 29.3 Å². The third kappa shape index (κ3) is 3.51. The number of rotatable bonds is 5. The fourth-order valence-electron chi connectivity index (χ4n) is 3.08. The monoisotopic (exact) mass is 393 g/mol. The molecule has 0 aliphatic heterocycles. The second-order valence-electron chi connectivity index (χ2n) is 6.62. The van der Waals surface area contributed by atoms with Gasteiger partial charge in [0, 0.05) is 17.6 Å². The van der Waals surface area contributed by atoms with Crippen molar-refractivity contribution in [2.75, 3.05) is 0 Å². The SMILES string of the molecule is Cc1cnc2c(S(=O)(=O)NC(C)c3ccc(-n4cncn4)cc3)cccc2c1. The van der Waals surface area contributed by atoms with E-state index in [2.05, 4.69) is 19.8 Å². The van der Waals surface area contributed by atoms with Crippen molar-refractivity contribution in [1.29, 1.82) is 0 Å². The van der Waals surface area contributed by atoms with Gasteiger partial charge in [-0.2, -0.15) is 5.10 Å². The van der Waals surface area contributed by atoms with Crippen LogP contribution in [0.2, 0.25) is 0 Å². The Hall–Kier alpha value is -3.10. The molecule has 0 spiro atoms. The van der Waals surface area contributed by atoms with E-state index in [-0.39, 0.29) is 4.90 Å². The predicted molar refractivity (Wildman–Crippen MR) is 107 cm³/mol. The molecule has 0 aliphatic rings. The predicted octanol–water partition coefficient (Wildman–Crippen LogP) is 3.16. The number of nitrogens with zero attached hydrogens (tertiary/aromatic N) is 4. The first-order chi connectivity index (χ1) is 13.4. The van der Waals surface area contributed by atoms with Crippen LogP contribution in [0.15, 0.2) is 72.3 Å². The lowest BCUT2D eigenvalue weighted by Crippen LogP contribution is -2.27. The third-order valence-corrected chi connectivity index (χ3v) is 6.08. The minimum Gasteiger partial charge on any atom is -0.255 e. The molecule has 0 saturated heterocycles. The maximum absolute atomic E-state index is 13.0. The van der Waals surface area contributed by atoms with E-state index in [0.717, 1.165) is 22.2 Å². The van der Waals surface area contributed by atoms with Crippen LogP contribution < -0.4 is 4.72 Å². The van der Waals surface area contributed by atoms with Gasteiger partial charge in [-0.25, -0.2) is 22.8 Å². The highest BCUT2D eigenvalue weighted by molar-refractivity contribution is 7.89. The van der Waals surface area contributed by atoms with E-state index in [4.69, 9.17) is 0 Å². The van der Waals surface area contributed by atoms with E-state index < -0.39 is 16.1 Å². The van der Waals surface area contributed by atoms with Gasteiger partial charge in [-0.1, -0.05) is 24.3 Å². The molecule has 142 valence electrons. The Balaban J connectivity index is 1.61. The van der Waals surface area contributed by atoms with Gasteiger partial charge in [0.15, 0.2) is 0 Å². The molecule has 1 atom stereocenters. The van der Waals surface area contributed by atoms with Gasteiger partial charge in [-0.15, -0.1) is 0 Å². The van der Waals surface area contributed by atoms with Crippen LogP contribution in [0.4, 0.5) is 0 Å². The van der Waals surface area contributed by atoms with Crippen molar-refractivity contribution in [3.05, 3.63) is 78.5 Å². The van der Waals surface area contributed by atoms with Crippen LogP contribution in [0.5, 0.6) is 0 Å². The summed E-state index contributed by atoms with van der Waals surface area (Å²) in [5.41, 5.74) is 3.14. The molecule has 2 aromatic carbocycles. The molecule has 0 fully saturated rings. The lowest BCUT2D eigenvalue weighted by atomic mass is 10.1. The number of benzene rings is 2. The number of hydrogen-bond acceptors (Lipinski definition) is 5. The second-order valence-corrected chi connectivity index (χ2v) is 8.30. The van der Waals surface area contributed by atoms with Crippen LogP contribution in [0.1, 0.15) is 24.1 Å². The van der Waals surface area contributed by atoms with Gasteiger partial charge in [0.1, 0.15) is 17.6 Å². The Morgan fingerprint density at radius 1 is 1.11 bits per heavy atom. The molecule has 28 heavy (non-hydrogen) atoms. The van der Waals surface area contributed by atoms with Crippen LogP contribution in [-0.4, -0.2) is 28.2 Å². The highest BCUT2D eigenvalue weighted by Gasteiger charge is 2.21. The topological polar surface area (TPSA) is 89.8 Å². The minimum absolute atomic E-state index is 0.177. The standard InChI is InChI=1S/C20H19N5O2S/c1-14-10-17-4-3-5-19(20(17)22-11-14)28(26,27)24-15(2)16-6-8-18(9-7-16)25-13-21-12-23-25/h3-13,15,24H,1-2H3. The third-order valence-electron chi connectivity index (χ3n) is 4.51. The Morgan fingerprint density at radius 2 is 1.89 bits per heavy atom. The van der Waals surface area contributed by atoms with Crippen molar-refractivity contribution in [3.63, 3.8) is 0 Å². The Morgan fingerprint density at radius 3 is 2.61 bits per heavy atom. The van der Waals surface area contributed by atoms with Crippen molar-refractivity contribution in [2.24, 2.45) is 0 Å². The van der Waals surface area contributed by atoms with Gasteiger partial charge in [-0.05, 0) is 49.2 Å². The Bertz CT molecular complexity index is 1220. The summed E-state index contributed by atoms with van der Waals surface area (Å²) >= 11 is 0. The molecule has 1 N–H and O–H groups in total. The van der Waals surface area contributed by atoms with Crippen molar-refractivity contribution in [1.82, 2.24) is 24.5 Å². The zero-order valence-electron chi connectivity index (χ0n) is 15.4. The number of aryl methyl sites for hydroxylation is 1. The van der Waals surface area contributed by atoms with Crippen molar-refractivity contribution in [2.45, 2.75) is 24.8 Å². The molecule has 0 aliphatic carbocycles. The Kier molecular flexibility index (Phi) is 4.66. The summed E-state index contributed by atoms with van der Waals surface area (Å²) in [5, 5.41) is 4.88. The number of para-hydroxylation sites is 1. The van der Waals surface area contributed by atoms with Gasteiger partial charge in [0.2, 0.25) is 10.0 Å². The highest BCUT2D eigenvalue weighted by atomic mass is 32.2. The second kappa shape index (κ2) is 7.14. The summed E-state index contributed by atoms with van der Waals surface area (Å²) in [5.74, 6) is 0. The molecular formula is C20H19N5O2S. The largest absolute Gasteiger partial charge is 0.255 e. The molecule has 1 unspecified atom stereocenters. The molecule has 7 nitrogen and oxygen atoms in total. The van der Waals surface area contributed by atoms with Crippen molar-refractivity contribution < 1.29 is 8.42 Å². The lowest BCUT2D eigenvalue weighted by molar-refractivity contribution is 0.567. The quantitative estimate of drug-likeness (QED) is 0.562. The molecule has 4 rings (SSSR count). The van der Waals surface area contributed by atoms with Gasteiger partial charge in [0.05, 0.1) is 11.2 Å². The summed E-state index contributed by atoms with van der Waals surface area (Å²) in [6.45, 7) is 3.74. The van der Waals surface area contributed by atoms with Crippen molar-refractivity contribution >= 4 is 20.9 Å². The van der Waals surface area contributed by atoms with Gasteiger partial charge < -0.3 is 0 Å². The number of sulfonamides is 1. The first kappa shape index (κ1) is 18.3. The summed E-state index contributed by atoms with van der Waals surface area (Å²) in [7, 11) is -3.74. The molecule has 0 amide bonds. The van der Waals surface area contributed by atoms with E-state index in [1.165, 1.54) is 6.33 Å². The average molecular weight is 393 g/mol. The normalized spacial score (nSPS) is 12.9. The van der Waals surface area contributed by atoms with E-state index in [0.29, 0.717) is 5.52 Å². The first-order valence-corrected chi connectivity index (χ1v) is 10.2. The fraction of sp³-hybridized carbons (Fsp3) is 0.150. The summed E-state index contributed by atoms with van der Waals surface area (Å²) in [6.07, 6.45) is 4.74. The summed E-state index contributed by atoms with van der Waals surface area (Å²) < 4.78 is 30.4. The molecule has 4 aromatic rings.